The number of rotatable bonds is 6. The third-order valence-corrected chi connectivity index (χ3v) is 5.87. The quantitative estimate of drug-likeness (QED) is 0.611. The minimum atomic E-state index is -0.316. The molecule has 1 fully saturated rings. The van der Waals surface area contributed by atoms with E-state index < -0.39 is 0 Å². The van der Waals surface area contributed by atoms with E-state index in [1.54, 1.807) is 28.6 Å². The lowest BCUT2D eigenvalue weighted by atomic mass is 10.0. The standard InChI is InChI=1S/C23H27FN6O/c1-17-26-22(27-30(17)21-8-6-18(24)7-9-21)23(31)28(2)20-11-15-29(16-12-20)14-10-19-5-3-4-13-25-19/h3-9,13,20H,10-12,14-16H2,1-2H3. The van der Waals surface area contributed by atoms with Gasteiger partial charge in [0.15, 0.2) is 0 Å². The zero-order valence-corrected chi connectivity index (χ0v) is 17.9. The van der Waals surface area contributed by atoms with Crippen LogP contribution in [0.2, 0.25) is 0 Å². The topological polar surface area (TPSA) is 67.2 Å². The van der Waals surface area contributed by atoms with Crippen molar-refractivity contribution in [3.63, 3.8) is 0 Å². The van der Waals surface area contributed by atoms with E-state index in [2.05, 4.69) is 26.0 Å². The molecule has 1 aliphatic rings. The maximum absolute atomic E-state index is 13.2. The SMILES string of the molecule is Cc1nc(C(=O)N(C)C2CCN(CCc3ccccn3)CC2)nn1-c1ccc(F)cc1. The predicted molar refractivity (Wildman–Crippen MR) is 116 cm³/mol. The minimum Gasteiger partial charge on any atom is -0.336 e. The molecule has 31 heavy (non-hydrogen) atoms. The summed E-state index contributed by atoms with van der Waals surface area (Å²) >= 11 is 0. The van der Waals surface area contributed by atoms with Crippen molar-refractivity contribution < 1.29 is 9.18 Å². The number of amides is 1. The normalized spacial score (nSPS) is 15.2. The molecule has 1 aromatic carbocycles. The Kier molecular flexibility index (Phi) is 6.36. The Bertz CT molecular complexity index is 1010. The fourth-order valence-corrected chi connectivity index (χ4v) is 3.98. The molecule has 0 radical (unpaired) electrons. The molecule has 7 nitrogen and oxygen atoms in total. The summed E-state index contributed by atoms with van der Waals surface area (Å²) < 4.78 is 14.8. The molecule has 4 rings (SSSR count). The van der Waals surface area contributed by atoms with Gasteiger partial charge in [0, 0.05) is 51.0 Å². The molecule has 1 saturated heterocycles. The summed E-state index contributed by atoms with van der Waals surface area (Å²) in [6.45, 7) is 4.66. The zero-order chi connectivity index (χ0) is 21.8. The van der Waals surface area contributed by atoms with Crippen molar-refractivity contribution in [1.82, 2.24) is 29.5 Å². The third kappa shape index (κ3) is 4.96. The van der Waals surface area contributed by atoms with E-state index in [9.17, 15) is 9.18 Å². The summed E-state index contributed by atoms with van der Waals surface area (Å²) in [5.74, 6) is 0.259. The average molecular weight is 423 g/mol. The van der Waals surface area contributed by atoms with E-state index in [1.165, 1.54) is 12.1 Å². The van der Waals surface area contributed by atoms with Crippen molar-refractivity contribution in [2.24, 2.45) is 0 Å². The van der Waals surface area contributed by atoms with Crippen molar-refractivity contribution in [2.75, 3.05) is 26.7 Å². The van der Waals surface area contributed by atoms with E-state index >= 15 is 0 Å². The van der Waals surface area contributed by atoms with Gasteiger partial charge in [0.2, 0.25) is 5.82 Å². The first kappa shape index (κ1) is 21.1. The van der Waals surface area contributed by atoms with Crippen LogP contribution in [-0.2, 0) is 6.42 Å². The molecule has 0 unspecified atom stereocenters. The van der Waals surface area contributed by atoms with Gasteiger partial charge in [-0.25, -0.2) is 14.1 Å². The number of benzene rings is 1. The highest BCUT2D eigenvalue weighted by atomic mass is 19.1. The number of likely N-dealkylation sites (tertiary alicyclic amines) is 1. The average Bonchev–Trinajstić information content (AvgIpc) is 3.20. The molecule has 0 N–H and O–H groups in total. The van der Waals surface area contributed by atoms with Crippen LogP contribution in [0.25, 0.3) is 5.69 Å². The molecule has 162 valence electrons. The number of piperidine rings is 1. The smallest absolute Gasteiger partial charge is 0.293 e. The Morgan fingerprint density at radius 3 is 2.58 bits per heavy atom. The Morgan fingerprint density at radius 1 is 1.16 bits per heavy atom. The molecule has 3 heterocycles. The van der Waals surface area contributed by atoms with E-state index in [0.29, 0.717) is 11.5 Å². The second kappa shape index (κ2) is 9.34. The Hall–Kier alpha value is -3.13. The molecule has 2 aromatic heterocycles. The number of hydrogen-bond donors (Lipinski definition) is 0. The van der Waals surface area contributed by atoms with Gasteiger partial charge >= 0.3 is 0 Å². The number of hydrogen-bond acceptors (Lipinski definition) is 5. The number of carbonyl (C=O) groups excluding carboxylic acids is 1. The molecule has 0 spiro atoms. The first-order chi connectivity index (χ1) is 15.0. The number of aryl methyl sites for hydroxylation is 1. The molecule has 1 aliphatic heterocycles. The Labute approximate surface area is 181 Å². The molecule has 0 atom stereocenters. The van der Waals surface area contributed by atoms with Crippen molar-refractivity contribution >= 4 is 5.91 Å². The zero-order valence-electron chi connectivity index (χ0n) is 17.9. The molecule has 8 heteroatoms. The number of nitrogens with zero attached hydrogens (tertiary/aromatic N) is 6. The van der Waals surface area contributed by atoms with Gasteiger partial charge in [-0.15, -0.1) is 5.10 Å². The highest BCUT2D eigenvalue weighted by Crippen LogP contribution is 2.18. The van der Waals surface area contributed by atoms with Crippen LogP contribution in [0.15, 0.2) is 48.7 Å². The minimum absolute atomic E-state index is 0.164. The van der Waals surface area contributed by atoms with Gasteiger partial charge in [-0.05, 0) is 56.2 Å². The number of carbonyl (C=O) groups is 1. The molecular weight excluding hydrogens is 395 g/mol. The molecule has 0 aliphatic carbocycles. The van der Waals surface area contributed by atoms with E-state index in [4.69, 9.17) is 0 Å². The number of pyridine rings is 1. The fraction of sp³-hybridized carbons (Fsp3) is 0.391. The number of halogens is 1. The number of aromatic nitrogens is 4. The summed E-state index contributed by atoms with van der Waals surface area (Å²) in [6, 6.07) is 12.1. The largest absolute Gasteiger partial charge is 0.336 e. The summed E-state index contributed by atoms with van der Waals surface area (Å²) in [7, 11) is 1.82. The maximum Gasteiger partial charge on any atom is 0.293 e. The Morgan fingerprint density at radius 2 is 1.90 bits per heavy atom. The fourth-order valence-electron chi connectivity index (χ4n) is 3.98. The van der Waals surface area contributed by atoms with Crippen molar-refractivity contribution in [3.8, 4) is 5.69 Å². The van der Waals surface area contributed by atoms with Gasteiger partial charge in [-0.2, -0.15) is 0 Å². The molecular formula is C23H27FN6O. The van der Waals surface area contributed by atoms with Crippen molar-refractivity contribution in [3.05, 3.63) is 71.8 Å². The lowest BCUT2D eigenvalue weighted by molar-refractivity contribution is 0.0631. The van der Waals surface area contributed by atoms with E-state index in [-0.39, 0.29) is 23.6 Å². The monoisotopic (exact) mass is 422 g/mol. The lowest BCUT2D eigenvalue weighted by Gasteiger charge is -2.36. The summed E-state index contributed by atoms with van der Waals surface area (Å²) in [6.07, 6.45) is 4.60. The van der Waals surface area contributed by atoms with E-state index in [0.717, 1.165) is 44.6 Å². The predicted octanol–water partition coefficient (Wildman–Crippen LogP) is 2.89. The first-order valence-electron chi connectivity index (χ1n) is 10.6. The van der Waals surface area contributed by atoms with E-state index in [1.807, 2.05) is 25.4 Å². The van der Waals surface area contributed by atoms with Gasteiger partial charge < -0.3 is 9.80 Å². The molecule has 0 bridgehead atoms. The first-order valence-corrected chi connectivity index (χ1v) is 10.6. The summed E-state index contributed by atoms with van der Waals surface area (Å²) in [5.41, 5.74) is 1.78. The molecule has 3 aromatic rings. The van der Waals surface area contributed by atoms with Crippen LogP contribution in [0.1, 0.15) is 35.0 Å². The van der Waals surface area contributed by atoms with Crippen LogP contribution in [0.5, 0.6) is 0 Å². The van der Waals surface area contributed by atoms with Crippen LogP contribution in [0.3, 0.4) is 0 Å². The van der Waals surface area contributed by atoms with Crippen LogP contribution < -0.4 is 0 Å². The molecule has 0 saturated carbocycles. The van der Waals surface area contributed by atoms with Crippen LogP contribution >= 0.6 is 0 Å². The van der Waals surface area contributed by atoms with Crippen LogP contribution in [0, 0.1) is 12.7 Å². The highest BCUT2D eigenvalue weighted by Gasteiger charge is 2.28. The molecule has 1 amide bonds. The van der Waals surface area contributed by atoms with Gasteiger partial charge in [-0.3, -0.25) is 9.78 Å². The van der Waals surface area contributed by atoms with Gasteiger partial charge in [0.1, 0.15) is 11.6 Å². The van der Waals surface area contributed by atoms with Crippen LogP contribution in [-0.4, -0.2) is 68.2 Å². The third-order valence-electron chi connectivity index (χ3n) is 5.87. The maximum atomic E-state index is 13.2. The van der Waals surface area contributed by atoms with Crippen molar-refractivity contribution in [1.29, 1.82) is 0 Å². The van der Waals surface area contributed by atoms with Gasteiger partial charge in [-0.1, -0.05) is 6.07 Å². The van der Waals surface area contributed by atoms with Gasteiger partial charge in [0.05, 0.1) is 5.69 Å². The highest BCUT2D eigenvalue weighted by molar-refractivity contribution is 5.90. The Balaban J connectivity index is 1.34. The van der Waals surface area contributed by atoms with Gasteiger partial charge in [0.25, 0.3) is 5.91 Å². The second-order valence-electron chi connectivity index (χ2n) is 7.93. The lowest BCUT2D eigenvalue weighted by Crippen LogP contribution is -2.46. The summed E-state index contributed by atoms with van der Waals surface area (Å²) in [4.78, 5) is 25.9. The second-order valence-corrected chi connectivity index (χ2v) is 7.93. The van der Waals surface area contributed by atoms with Crippen molar-refractivity contribution in [2.45, 2.75) is 32.2 Å². The van der Waals surface area contributed by atoms with Crippen LogP contribution in [0.4, 0.5) is 4.39 Å². The summed E-state index contributed by atoms with van der Waals surface area (Å²) in [5, 5.41) is 4.38.